The zero-order valence-electron chi connectivity index (χ0n) is 9.75. The zero-order valence-corrected chi connectivity index (χ0v) is 11.3. The van der Waals surface area contributed by atoms with E-state index in [-0.39, 0.29) is 18.2 Å². The summed E-state index contributed by atoms with van der Waals surface area (Å²) in [5.74, 6) is -1.17. The Labute approximate surface area is 110 Å². The van der Waals surface area contributed by atoms with Crippen LogP contribution in [-0.4, -0.2) is 23.0 Å². The van der Waals surface area contributed by atoms with Crippen molar-refractivity contribution in [2.75, 3.05) is 0 Å². The molecule has 1 atom stereocenters. The lowest BCUT2D eigenvalue weighted by Crippen LogP contribution is -2.44. The lowest BCUT2D eigenvalue weighted by atomic mass is 9.88. The van der Waals surface area contributed by atoms with Crippen molar-refractivity contribution < 1.29 is 14.7 Å². The summed E-state index contributed by atoms with van der Waals surface area (Å²) in [4.78, 5) is 22.9. The molecule has 0 aromatic carbocycles. The van der Waals surface area contributed by atoms with Crippen molar-refractivity contribution in [2.45, 2.75) is 44.6 Å². The smallest absolute Gasteiger partial charge is 0.326 e. The topological polar surface area (TPSA) is 66.4 Å². The van der Waals surface area contributed by atoms with Crippen LogP contribution in [0.5, 0.6) is 0 Å². The quantitative estimate of drug-likeness (QED) is 0.820. The zero-order chi connectivity index (χ0) is 12.8. The van der Waals surface area contributed by atoms with Crippen molar-refractivity contribution in [2.24, 2.45) is 5.92 Å². The molecule has 0 aromatic heterocycles. The summed E-state index contributed by atoms with van der Waals surface area (Å²) >= 11 is 3.12. The normalized spacial score (nSPS) is 18.4. The molecular weight excluding hydrogens is 286 g/mol. The van der Waals surface area contributed by atoms with E-state index in [1.807, 2.05) is 0 Å². The first-order chi connectivity index (χ1) is 8.00. The minimum absolute atomic E-state index is 0.0193. The van der Waals surface area contributed by atoms with Crippen molar-refractivity contribution in [3.8, 4) is 0 Å². The van der Waals surface area contributed by atoms with E-state index in [2.05, 4.69) is 27.8 Å². The first-order valence-corrected chi connectivity index (χ1v) is 6.66. The predicted molar refractivity (Wildman–Crippen MR) is 68.8 cm³/mol. The van der Waals surface area contributed by atoms with Gasteiger partial charge in [0.05, 0.1) is 0 Å². The minimum Gasteiger partial charge on any atom is -0.480 e. The molecule has 96 valence electrons. The fourth-order valence-corrected chi connectivity index (χ4v) is 2.40. The molecule has 0 bridgehead atoms. The second-order valence-electron chi connectivity index (χ2n) is 4.46. The molecule has 0 spiro atoms. The van der Waals surface area contributed by atoms with Gasteiger partial charge in [0.25, 0.3) is 0 Å². The Bertz CT molecular complexity index is 311. The van der Waals surface area contributed by atoms with Gasteiger partial charge in [-0.25, -0.2) is 4.79 Å². The molecular formula is C12H18BrNO3. The Morgan fingerprint density at radius 1 is 1.35 bits per heavy atom. The van der Waals surface area contributed by atoms with Gasteiger partial charge in [0.1, 0.15) is 6.04 Å². The molecule has 0 saturated heterocycles. The molecule has 1 aliphatic carbocycles. The maximum atomic E-state index is 11.9. The van der Waals surface area contributed by atoms with Gasteiger partial charge in [-0.05, 0) is 17.3 Å². The van der Waals surface area contributed by atoms with Crippen molar-refractivity contribution in [1.82, 2.24) is 5.32 Å². The van der Waals surface area contributed by atoms with Gasteiger partial charge in [-0.15, -0.1) is 0 Å². The second kappa shape index (κ2) is 6.79. The van der Waals surface area contributed by atoms with Crippen molar-refractivity contribution in [1.29, 1.82) is 0 Å². The first-order valence-electron chi connectivity index (χ1n) is 5.87. The van der Waals surface area contributed by atoms with E-state index < -0.39 is 12.0 Å². The van der Waals surface area contributed by atoms with Gasteiger partial charge in [-0.2, -0.15) is 0 Å². The van der Waals surface area contributed by atoms with Gasteiger partial charge in [-0.1, -0.05) is 41.8 Å². The fraction of sp³-hybridized carbons (Fsp3) is 0.667. The molecule has 17 heavy (non-hydrogen) atoms. The van der Waals surface area contributed by atoms with Crippen LogP contribution in [0, 0.1) is 5.92 Å². The number of hydrogen-bond acceptors (Lipinski definition) is 2. The van der Waals surface area contributed by atoms with E-state index in [4.69, 9.17) is 5.11 Å². The van der Waals surface area contributed by atoms with Gasteiger partial charge in [0.15, 0.2) is 0 Å². The summed E-state index contributed by atoms with van der Waals surface area (Å²) in [6, 6.07) is -0.878. The van der Waals surface area contributed by atoms with Crippen LogP contribution < -0.4 is 5.32 Å². The Kier molecular flexibility index (Phi) is 5.68. The van der Waals surface area contributed by atoms with E-state index in [1.54, 1.807) is 0 Å². The lowest BCUT2D eigenvalue weighted by Gasteiger charge is -2.23. The molecule has 0 unspecified atom stereocenters. The van der Waals surface area contributed by atoms with Crippen LogP contribution in [0.1, 0.15) is 38.5 Å². The number of hydrogen-bond donors (Lipinski definition) is 2. The van der Waals surface area contributed by atoms with Crippen LogP contribution in [0.25, 0.3) is 0 Å². The molecule has 1 rings (SSSR count). The second-order valence-corrected chi connectivity index (χ2v) is 5.58. The Morgan fingerprint density at radius 3 is 2.41 bits per heavy atom. The predicted octanol–water partition coefficient (Wildman–Crippen LogP) is 2.43. The van der Waals surface area contributed by atoms with E-state index in [0.29, 0.717) is 4.48 Å². The molecule has 0 heterocycles. The van der Waals surface area contributed by atoms with Crippen LogP contribution in [0.2, 0.25) is 0 Å². The number of carbonyl (C=O) groups excluding carboxylic acids is 1. The molecule has 4 nitrogen and oxygen atoms in total. The Balaban J connectivity index is 2.50. The standard InChI is InChI=1S/C12H18BrNO3/c1-8(13)7-10(12(16)17)14-11(15)9-5-3-2-4-6-9/h9-10H,1-7H2,(H,14,15)(H,16,17)/t10-/m1/s1. The molecule has 2 N–H and O–H groups in total. The number of halogens is 1. The minimum atomic E-state index is -1.02. The number of nitrogens with one attached hydrogen (secondary N) is 1. The van der Waals surface area contributed by atoms with Gasteiger partial charge >= 0.3 is 5.97 Å². The monoisotopic (exact) mass is 303 g/mol. The van der Waals surface area contributed by atoms with Gasteiger partial charge in [0.2, 0.25) is 5.91 Å². The molecule has 0 radical (unpaired) electrons. The Hall–Kier alpha value is -0.840. The highest BCUT2D eigenvalue weighted by Gasteiger charge is 2.26. The summed E-state index contributed by atoms with van der Waals surface area (Å²) in [7, 11) is 0. The SMILES string of the molecule is C=C(Br)C[C@@H](NC(=O)C1CCCCC1)C(=O)O. The highest BCUT2D eigenvalue weighted by molar-refractivity contribution is 9.11. The third-order valence-electron chi connectivity index (χ3n) is 3.02. The molecule has 1 amide bonds. The summed E-state index contributed by atoms with van der Waals surface area (Å²) < 4.78 is 0.578. The lowest BCUT2D eigenvalue weighted by molar-refractivity contribution is -0.142. The summed E-state index contributed by atoms with van der Waals surface area (Å²) in [6.07, 6.45) is 5.24. The van der Waals surface area contributed by atoms with E-state index in [0.717, 1.165) is 25.7 Å². The van der Waals surface area contributed by atoms with Gasteiger partial charge in [0, 0.05) is 12.3 Å². The number of carboxylic acids is 1. The van der Waals surface area contributed by atoms with Crippen LogP contribution in [-0.2, 0) is 9.59 Å². The van der Waals surface area contributed by atoms with Crippen LogP contribution in [0.15, 0.2) is 11.1 Å². The van der Waals surface area contributed by atoms with Crippen LogP contribution in [0.3, 0.4) is 0 Å². The van der Waals surface area contributed by atoms with E-state index in [9.17, 15) is 9.59 Å². The average molecular weight is 304 g/mol. The molecule has 1 saturated carbocycles. The van der Waals surface area contributed by atoms with Gasteiger partial charge < -0.3 is 10.4 Å². The van der Waals surface area contributed by atoms with Gasteiger partial charge in [-0.3, -0.25) is 4.79 Å². The van der Waals surface area contributed by atoms with Crippen molar-refractivity contribution >= 4 is 27.8 Å². The van der Waals surface area contributed by atoms with Crippen molar-refractivity contribution in [3.05, 3.63) is 11.1 Å². The molecule has 1 aliphatic rings. The largest absolute Gasteiger partial charge is 0.480 e. The number of rotatable bonds is 5. The summed E-state index contributed by atoms with van der Waals surface area (Å²) in [5.41, 5.74) is 0. The van der Waals surface area contributed by atoms with Crippen LogP contribution >= 0.6 is 15.9 Å². The molecule has 1 fully saturated rings. The maximum Gasteiger partial charge on any atom is 0.326 e. The van der Waals surface area contributed by atoms with Crippen molar-refractivity contribution in [3.63, 3.8) is 0 Å². The highest BCUT2D eigenvalue weighted by atomic mass is 79.9. The van der Waals surface area contributed by atoms with Crippen LogP contribution in [0.4, 0.5) is 0 Å². The number of amides is 1. The molecule has 0 aliphatic heterocycles. The Morgan fingerprint density at radius 2 is 1.94 bits per heavy atom. The van der Waals surface area contributed by atoms with E-state index in [1.165, 1.54) is 6.42 Å². The maximum absolute atomic E-state index is 11.9. The molecule has 5 heteroatoms. The summed E-state index contributed by atoms with van der Waals surface area (Å²) in [5, 5.41) is 11.6. The van der Waals surface area contributed by atoms with E-state index >= 15 is 0 Å². The number of carboxylic acid groups (broad SMARTS) is 1. The highest BCUT2D eigenvalue weighted by Crippen LogP contribution is 2.24. The third-order valence-corrected chi connectivity index (χ3v) is 3.34. The number of carbonyl (C=O) groups is 2. The number of aliphatic carboxylic acids is 1. The first kappa shape index (κ1) is 14.2. The average Bonchev–Trinajstić information content (AvgIpc) is 2.28. The molecule has 0 aromatic rings. The summed E-state index contributed by atoms with van der Waals surface area (Å²) in [6.45, 7) is 3.60. The third kappa shape index (κ3) is 4.89. The fourth-order valence-electron chi connectivity index (χ4n) is 2.08.